The molecule has 2 amide bonds. The van der Waals surface area contributed by atoms with Gasteiger partial charge in [0.1, 0.15) is 0 Å². The molecule has 158 valence electrons. The van der Waals surface area contributed by atoms with Crippen molar-refractivity contribution in [2.75, 3.05) is 5.32 Å². The van der Waals surface area contributed by atoms with Gasteiger partial charge in [-0.25, -0.2) is 9.78 Å². The van der Waals surface area contributed by atoms with Crippen LogP contribution in [-0.4, -0.2) is 26.4 Å². The maximum atomic E-state index is 12.2. The van der Waals surface area contributed by atoms with Gasteiger partial charge in [0.15, 0.2) is 5.16 Å². The first kappa shape index (κ1) is 21.3. The van der Waals surface area contributed by atoms with Crippen LogP contribution in [0.15, 0.2) is 76.9 Å². The van der Waals surface area contributed by atoms with E-state index in [0.717, 1.165) is 43.8 Å². The first-order chi connectivity index (χ1) is 15.1. The summed E-state index contributed by atoms with van der Waals surface area (Å²) in [5, 5.41) is 6.60. The van der Waals surface area contributed by atoms with Gasteiger partial charge in [-0.2, -0.15) is 0 Å². The fourth-order valence-corrected chi connectivity index (χ4v) is 4.95. The number of imidazole rings is 1. The van der Waals surface area contributed by atoms with Crippen molar-refractivity contribution in [1.29, 1.82) is 0 Å². The standard InChI is InChI=1S/C23H23N5OS2/c1-15-20(14-30-23-27-18-10-6-7-11-19(18)28-23)24-13-12-21(15)31-16(2)25-22(29)26-17-8-4-3-5-9-17/h3-13,16H,14H2,1-2H3,(H,27,28)(H2,25,26,29). The molecule has 8 heteroatoms. The Morgan fingerprint density at radius 2 is 1.87 bits per heavy atom. The van der Waals surface area contributed by atoms with E-state index in [1.807, 2.05) is 73.8 Å². The molecule has 31 heavy (non-hydrogen) atoms. The van der Waals surface area contributed by atoms with Crippen LogP contribution in [0.2, 0.25) is 0 Å². The number of rotatable bonds is 7. The molecule has 0 aliphatic heterocycles. The van der Waals surface area contributed by atoms with E-state index >= 15 is 0 Å². The SMILES string of the molecule is Cc1c(SC(C)NC(=O)Nc2ccccc2)ccnc1CSc1nc2ccccc2[nH]1. The van der Waals surface area contributed by atoms with Crippen LogP contribution in [0.3, 0.4) is 0 Å². The van der Waals surface area contributed by atoms with Crippen molar-refractivity contribution in [1.82, 2.24) is 20.3 Å². The summed E-state index contributed by atoms with van der Waals surface area (Å²) in [6, 6.07) is 19.2. The fraction of sp³-hybridized carbons (Fsp3) is 0.174. The number of hydrogen-bond donors (Lipinski definition) is 3. The number of para-hydroxylation sites is 3. The number of carbonyl (C=O) groups is 1. The van der Waals surface area contributed by atoms with E-state index in [4.69, 9.17) is 0 Å². The molecule has 0 spiro atoms. The first-order valence-electron chi connectivity index (χ1n) is 9.90. The summed E-state index contributed by atoms with van der Waals surface area (Å²) in [6.45, 7) is 4.04. The second-order valence-electron chi connectivity index (χ2n) is 6.95. The number of nitrogens with one attached hydrogen (secondary N) is 3. The summed E-state index contributed by atoms with van der Waals surface area (Å²) in [5.74, 6) is 0.719. The quantitative estimate of drug-likeness (QED) is 0.245. The third-order valence-electron chi connectivity index (χ3n) is 4.64. The molecule has 0 aliphatic carbocycles. The number of benzene rings is 2. The number of anilines is 1. The molecule has 0 aliphatic rings. The van der Waals surface area contributed by atoms with Crippen molar-refractivity contribution in [3.63, 3.8) is 0 Å². The molecule has 0 fully saturated rings. The molecule has 6 nitrogen and oxygen atoms in total. The maximum absolute atomic E-state index is 12.2. The highest BCUT2D eigenvalue weighted by Gasteiger charge is 2.13. The molecule has 4 aromatic rings. The lowest BCUT2D eigenvalue weighted by molar-refractivity contribution is 0.252. The van der Waals surface area contributed by atoms with E-state index in [9.17, 15) is 4.79 Å². The first-order valence-corrected chi connectivity index (χ1v) is 11.8. The third-order valence-corrected chi connectivity index (χ3v) is 6.69. The average Bonchev–Trinajstić information content (AvgIpc) is 3.18. The Morgan fingerprint density at radius 3 is 2.68 bits per heavy atom. The summed E-state index contributed by atoms with van der Waals surface area (Å²) in [4.78, 5) is 25.8. The number of H-pyrrole nitrogens is 1. The Labute approximate surface area is 189 Å². The highest BCUT2D eigenvalue weighted by atomic mass is 32.2. The number of thioether (sulfide) groups is 2. The van der Waals surface area contributed by atoms with Crippen LogP contribution in [0.4, 0.5) is 10.5 Å². The van der Waals surface area contributed by atoms with Crippen molar-refractivity contribution < 1.29 is 4.79 Å². The smallest absolute Gasteiger partial charge is 0.320 e. The highest BCUT2D eigenvalue weighted by molar-refractivity contribution is 8.00. The Bertz CT molecular complexity index is 1150. The van der Waals surface area contributed by atoms with Gasteiger partial charge in [0.05, 0.1) is 22.1 Å². The minimum absolute atomic E-state index is 0.0966. The van der Waals surface area contributed by atoms with Gasteiger partial charge in [0.25, 0.3) is 0 Å². The Morgan fingerprint density at radius 1 is 1.10 bits per heavy atom. The number of urea groups is 1. The minimum atomic E-state index is -0.224. The summed E-state index contributed by atoms with van der Waals surface area (Å²) in [7, 11) is 0. The monoisotopic (exact) mass is 449 g/mol. The van der Waals surface area contributed by atoms with E-state index in [0.29, 0.717) is 0 Å². The number of nitrogens with zero attached hydrogens (tertiary/aromatic N) is 2. The van der Waals surface area contributed by atoms with Crippen LogP contribution in [0.25, 0.3) is 11.0 Å². The molecule has 2 aromatic carbocycles. The van der Waals surface area contributed by atoms with Crippen molar-refractivity contribution in [2.45, 2.75) is 35.0 Å². The van der Waals surface area contributed by atoms with Gasteiger partial charge >= 0.3 is 6.03 Å². The van der Waals surface area contributed by atoms with Crippen molar-refractivity contribution >= 4 is 46.3 Å². The molecule has 2 heterocycles. The van der Waals surface area contributed by atoms with E-state index < -0.39 is 0 Å². The molecule has 1 atom stereocenters. The van der Waals surface area contributed by atoms with Crippen LogP contribution in [-0.2, 0) is 5.75 Å². The van der Waals surface area contributed by atoms with Crippen LogP contribution in [0, 0.1) is 6.92 Å². The van der Waals surface area contributed by atoms with Gasteiger partial charge in [-0.3, -0.25) is 4.98 Å². The summed E-state index contributed by atoms with van der Waals surface area (Å²) in [5.41, 5.74) is 4.90. The summed E-state index contributed by atoms with van der Waals surface area (Å²) >= 11 is 3.24. The number of pyridine rings is 1. The van der Waals surface area contributed by atoms with Gasteiger partial charge in [0, 0.05) is 22.5 Å². The molecular formula is C23H23N5OS2. The Kier molecular flexibility index (Phi) is 6.79. The zero-order valence-electron chi connectivity index (χ0n) is 17.3. The third kappa shape index (κ3) is 5.59. The Hall–Kier alpha value is -2.97. The predicted octanol–water partition coefficient (Wildman–Crippen LogP) is 5.82. The number of aromatic nitrogens is 3. The van der Waals surface area contributed by atoms with E-state index in [1.54, 1.807) is 23.5 Å². The number of amides is 2. The van der Waals surface area contributed by atoms with Crippen LogP contribution in [0.1, 0.15) is 18.2 Å². The fourth-order valence-electron chi connectivity index (χ4n) is 3.06. The molecular weight excluding hydrogens is 426 g/mol. The van der Waals surface area contributed by atoms with Crippen LogP contribution >= 0.6 is 23.5 Å². The number of aromatic amines is 1. The summed E-state index contributed by atoms with van der Waals surface area (Å²) < 4.78 is 0. The molecule has 4 rings (SSSR count). The minimum Gasteiger partial charge on any atom is -0.333 e. The molecule has 3 N–H and O–H groups in total. The zero-order valence-corrected chi connectivity index (χ0v) is 18.9. The topological polar surface area (TPSA) is 82.7 Å². The molecule has 0 saturated heterocycles. The van der Waals surface area contributed by atoms with Gasteiger partial charge in [-0.1, -0.05) is 42.1 Å². The van der Waals surface area contributed by atoms with Crippen molar-refractivity contribution in [3.8, 4) is 0 Å². The van der Waals surface area contributed by atoms with E-state index in [2.05, 4.69) is 32.5 Å². The second-order valence-corrected chi connectivity index (χ2v) is 9.30. The lowest BCUT2D eigenvalue weighted by Crippen LogP contribution is -2.34. The predicted molar refractivity (Wildman–Crippen MR) is 129 cm³/mol. The van der Waals surface area contributed by atoms with E-state index in [1.165, 1.54) is 0 Å². The highest BCUT2D eigenvalue weighted by Crippen LogP contribution is 2.30. The number of fused-ring (bicyclic) bond motifs is 1. The zero-order chi connectivity index (χ0) is 21.6. The molecule has 1 unspecified atom stereocenters. The molecule has 2 aromatic heterocycles. The van der Waals surface area contributed by atoms with Crippen molar-refractivity contribution in [2.24, 2.45) is 0 Å². The largest absolute Gasteiger partial charge is 0.333 e. The van der Waals surface area contributed by atoms with Gasteiger partial charge in [-0.15, -0.1) is 11.8 Å². The number of carbonyl (C=O) groups excluding carboxylic acids is 1. The van der Waals surface area contributed by atoms with Crippen molar-refractivity contribution in [3.05, 3.63) is 78.1 Å². The van der Waals surface area contributed by atoms with E-state index in [-0.39, 0.29) is 11.4 Å². The van der Waals surface area contributed by atoms with Gasteiger partial charge < -0.3 is 15.6 Å². The lowest BCUT2D eigenvalue weighted by atomic mass is 10.2. The van der Waals surface area contributed by atoms with Gasteiger partial charge in [-0.05, 0) is 49.7 Å². The molecule has 0 saturated carbocycles. The molecule has 0 radical (unpaired) electrons. The van der Waals surface area contributed by atoms with Gasteiger partial charge in [0.2, 0.25) is 0 Å². The normalized spacial score (nSPS) is 11.9. The number of hydrogen-bond acceptors (Lipinski definition) is 5. The van der Waals surface area contributed by atoms with Crippen LogP contribution in [0.5, 0.6) is 0 Å². The molecule has 0 bridgehead atoms. The lowest BCUT2D eigenvalue weighted by Gasteiger charge is -2.16. The average molecular weight is 450 g/mol. The van der Waals surface area contributed by atoms with Crippen LogP contribution < -0.4 is 10.6 Å². The Balaban J connectivity index is 1.35. The summed E-state index contributed by atoms with van der Waals surface area (Å²) in [6.07, 6.45) is 1.82. The second kappa shape index (κ2) is 9.89. The maximum Gasteiger partial charge on any atom is 0.320 e.